The van der Waals surface area contributed by atoms with E-state index in [4.69, 9.17) is 0 Å². The Balaban J connectivity index is 2.34. The van der Waals surface area contributed by atoms with Gasteiger partial charge in [-0.3, -0.25) is 0 Å². The molecule has 1 heterocycles. The average Bonchev–Trinajstić information content (AvgIpc) is 2.90. The number of hydrogen-bond donors (Lipinski definition) is 0. The first-order chi connectivity index (χ1) is 9.25. The van der Waals surface area contributed by atoms with E-state index in [0.717, 1.165) is 8.95 Å². The number of hydrogen-bond acceptors (Lipinski definition) is 1. The van der Waals surface area contributed by atoms with Crippen LogP contribution in [0, 0.1) is 0 Å². The number of halogens is 2. The van der Waals surface area contributed by atoms with Crippen molar-refractivity contribution in [3.05, 3.63) is 56.8 Å². The van der Waals surface area contributed by atoms with Crippen molar-refractivity contribution in [2.45, 2.75) is 0 Å². The molecule has 0 radical (unpaired) electrons. The van der Waals surface area contributed by atoms with Crippen LogP contribution < -0.4 is 0 Å². The van der Waals surface area contributed by atoms with Gasteiger partial charge in [0.05, 0.1) is 0 Å². The third kappa shape index (κ3) is 1.69. The fourth-order valence-electron chi connectivity index (χ4n) is 2.63. The molecule has 4 rings (SSSR count). The summed E-state index contributed by atoms with van der Waals surface area (Å²) in [5, 5.41) is 8.65. The zero-order valence-corrected chi connectivity index (χ0v) is 13.8. The maximum Gasteiger partial charge on any atom is 0.0349 e. The number of fused-ring (bicyclic) bond motifs is 5. The van der Waals surface area contributed by atoms with Crippen molar-refractivity contribution < 1.29 is 0 Å². The van der Waals surface area contributed by atoms with Gasteiger partial charge in [0.2, 0.25) is 0 Å². The molecule has 0 N–H and O–H groups in total. The first-order valence-corrected chi connectivity index (χ1v) is 8.39. The molecule has 0 nitrogen and oxygen atoms in total. The second-order valence-electron chi connectivity index (χ2n) is 4.51. The molecule has 92 valence electrons. The van der Waals surface area contributed by atoms with Gasteiger partial charge >= 0.3 is 0 Å². The maximum absolute atomic E-state index is 3.69. The summed E-state index contributed by atoms with van der Waals surface area (Å²) in [6, 6.07) is 15.3. The van der Waals surface area contributed by atoms with Crippen LogP contribution in [0.2, 0.25) is 0 Å². The molecule has 19 heavy (non-hydrogen) atoms. The van der Waals surface area contributed by atoms with Crippen LogP contribution in [0.25, 0.3) is 31.6 Å². The van der Waals surface area contributed by atoms with Gasteiger partial charge in [0.1, 0.15) is 0 Å². The molecular formula is C16H8Br2S. The Bertz CT molecular complexity index is 938. The van der Waals surface area contributed by atoms with Gasteiger partial charge in [0, 0.05) is 24.4 Å². The molecule has 0 saturated heterocycles. The topological polar surface area (TPSA) is 0 Å². The van der Waals surface area contributed by atoms with Crippen molar-refractivity contribution in [2.75, 3.05) is 0 Å². The molecule has 3 heteroatoms. The molecular weight excluding hydrogens is 384 g/mol. The van der Waals surface area contributed by atoms with Gasteiger partial charge < -0.3 is 0 Å². The summed E-state index contributed by atoms with van der Waals surface area (Å²) in [5.41, 5.74) is 0. The Morgan fingerprint density at radius 3 is 2.26 bits per heavy atom. The van der Waals surface area contributed by atoms with Crippen LogP contribution in [-0.4, -0.2) is 0 Å². The third-order valence-electron chi connectivity index (χ3n) is 3.50. The Kier molecular flexibility index (Phi) is 2.69. The zero-order valence-electron chi connectivity index (χ0n) is 9.78. The summed E-state index contributed by atoms with van der Waals surface area (Å²) in [6.07, 6.45) is 0. The maximum atomic E-state index is 3.69. The Morgan fingerprint density at radius 1 is 0.632 bits per heavy atom. The summed E-state index contributed by atoms with van der Waals surface area (Å²) in [6.45, 7) is 0. The first kappa shape index (κ1) is 11.9. The fourth-order valence-corrected chi connectivity index (χ4v) is 4.46. The van der Waals surface area contributed by atoms with Crippen molar-refractivity contribution in [3.8, 4) is 0 Å². The number of benzene rings is 3. The van der Waals surface area contributed by atoms with Crippen molar-refractivity contribution in [2.24, 2.45) is 0 Å². The molecule has 0 aliphatic heterocycles. The van der Waals surface area contributed by atoms with Gasteiger partial charge in [0.15, 0.2) is 0 Å². The lowest BCUT2D eigenvalue weighted by Crippen LogP contribution is -1.81. The lowest BCUT2D eigenvalue weighted by atomic mass is 10.00. The molecule has 0 amide bonds. The molecule has 0 saturated carbocycles. The molecule has 0 aliphatic rings. The van der Waals surface area contributed by atoms with Gasteiger partial charge in [-0.2, -0.15) is 0 Å². The minimum absolute atomic E-state index is 1.14. The standard InChI is InChI=1S/C16H8Br2S/c17-13-4-5-14(18)16-11-3-6-15-10(7-8-19-15)9(11)1-2-12(13)16/h1-8H. The average molecular weight is 392 g/mol. The van der Waals surface area contributed by atoms with Crippen LogP contribution in [0.5, 0.6) is 0 Å². The van der Waals surface area contributed by atoms with E-state index in [1.54, 1.807) is 11.3 Å². The van der Waals surface area contributed by atoms with Crippen LogP contribution in [0.1, 0.15) is 0 Å². The van der Waals surface area contributed by atoms with E-state index in [9.17, 15) is 0 Å². The molecule has 0 bridgehead atoms. The van der Waals surface area contributed by atoms with Gasteiger partial charge in [0.25, 0.3) is 0 Å². The van der Waals surface area contributed by atoms with Gasteiger partial charge in [-0.15, -0.1) is 11.3 Å². The minimum atomic E-state index is 1.14. The van der Waals surface area contributed by atoms with Crippen LogP contribution >= 0.6 is 43.2 Å². The quantitative estimate of drug-likeness (QED) is 0.291. The molecule has 4 aromatic rings. The van der Waals surface area contributed by atoms with Gasteiger partial charge in [-0.05, 0) is 45.8 Å². The Labute approximate surface area is 131 Å². The van der Waals surface area contributed by atoms with Gasteiger partial charge in [-0.1, -0.05) is 50.1 Å². The van der Waals surface area contributed by atoms with E-state index in [1.165, 1.54) is 31.6 Å². The van der Waals surface area contributed by atoms with Crippen molar-refractivity contribution >= 4 is 74.8 Å². The molecule has 0 atom stereocenters. The predicted octanol–water partition coefficient (Wildman–Crippen LogP) is 6.73. The first-order valence-electron chi connectivity index (χ1n) is 5.92. The molecule has 3 aromatic carbocycles. The molecule has 0 fully saturated rings. The second kappa shape index (κ2) is 4.30. The Morgan fingerprint density at radius 2 is 1.37 bits per heavy atom. The van der Waals surface area contributed by atoms with Crippen LogP contribution in [0.15, 0.2) is 56.8 Å². The van der Waals surface area contributed by atoms with Crippen LogP contribution in [-0.2, 0) is 0 Å². The highest BCUT2D eigenvalue weighted by Crippen LogP contribution is 2.38. The molecule has 0 unspecified atom stereocenters. The zero-order chi connectivity index (χ0) is 13.0. The molecule has 0 aliphatic carbocycles. The predicted molar refractivity (Wildman–Crippen MR) is 92.2 cm³/mol. The monoisotopic (exact) mass is 390 g/mol. The molecule has 1 aromatic heterocycles. The summed E-state index contributed by atoms with van der Waals surface area (Å²) < 4.78 is 3.63. The summed E-state index contributed by atoms with van der Waals surface area (Å²) in [4.78, 5) is 0. The van der Waals surface area contributed by atoms with Crippen molar-refractivity contribution in [3.63, 3.8) is 0 Å². The van der Waals surface area contributed by atoms with Crippen molar-refractivity contribution in [1.29, 1.82) is 0 Å². The largest absolute Gasteiger partial charge is 0.144 e. The summed E-state index contributed by atoms with van der Waals surface area (Å²) in [5.74, 6) is 0. The normalized spacial score (nSPS) is 11.7. The highest BCUT2D eigenvalue weighted by Gasteiger charge is 2.09. The van der Waals surface area contributed by atoms with Crippen LogP contribution in [0.4, 0.5) is 0 Å². The Hall–Kier alpha value is -0.900. The van der Waals surface area contributed by atoms with Crippen LogP contribution in [0.3, 0.4) is 0 Å². The third-order valence-corrected chi connectivity index (χ3v) is 5.74. The van der Waals surface area contributed by atoms with Crippen molar-refractivity contribution in [1.82, 2.24) is 0 Å². The van der Waals surface area contributed by atoms with E-state index < -0.39 is 0 Å². The molecule has 0 spiro atoms. The minimum Gasteiger partial charge on any atom is -0.144 e. The summed E-state index contributed by atoms with van der Waals surface area (Å²) in [7, 11) is 0. The highest BCUT2D eigenvalue weighted by atomic mass is 79.9. The van der Waals surface area contributed by atoms with E-state index in [2.05, 4.69) is 79.7 Å². The smallest absolute Gasteiger partial charge is 0.0349 e. The van der Waals surface area contributed by atoms with Gasteiger partial charge in [-0.25, -0.2) is 0 Å². The fraction of sp³-hybridized carbons (Fsp3) is 0. The highest BCUT2D eigenvalue weighted by molar-refractivity contribution is 9.11. The van der Waals surface area contributed by atoms with E-state index in [-0.39, 0.29) is 0 Å². The van der Waals surface area contributed by atoms with E-state index in [0.29, 0.717) is 0 Å². The number of rotatable bonds is 0. The lowest BCUT2D eigenvalue weighted by molar-refractivity contribution is 1.71. The lowest BCUT2D eigenvalue weighted by Gasteiger charge is -2.08. The van der Waals surface area contributed by atoms with E-state index in [1.807, 2.05) is 0 Å². The van der Waals surface area contributed by atoms with E-state index >= 15 is 0 Å². The second-order valence-corrected chi connectivity index (χ2v) is 7.17. The summed E-state index contributed by atoms with van der Waals surface area (Å²) >= 11 is 9.12. The number of thiophene rings is 1. The SMILES string of the molecule is Brc1ccc(Br)c2c1ccc1c3ccsc3ccc12.